The number of hydrogen-bond donors (Lipinski definition) is 2. The average molecular weight is 432 g/mol. The molecule has 9 nitrogen and oxygen atoms in total. The largest absolute Gasteiger partial charge is 0.496 e. The molecule has 0 amide bonds. The van der Waals surface area contributed by atoms with Crippen LogP contribution in [0.2, 0.25) is 0 Å². The molecule has 0 saturated carbocycles. The van der Waals surface area contributed by atoms with Gasteiger partial charge in [0.2, 0.25) is 5.95 Å². The van der Waals surface area contributed by atoms with Gasteiger partial charge in [-0.2, -0.15) is 5.10 Å². The van der Waals surface area contributed by atoms with Crippen molar-refractivity contribution < 1.29 is 9.47 Å². The number of aryl methyl sites for hydroxylation is 1. The maximum atomic E-state index is 6.12. The third kappa shape index (κ3) is 3.60. The zero-order valence-corrected chi connectivity index (χ0v) is 18.3. The van der Waals surface area contributed by atoms with Gasteiger partial charge < -0.3 is 20.5 Å². The molecule has 164 valence electrons. The summed E-state index contributed by atoms with van der Waals surface area (Å²) >= 11 is 0. The second-order valence-corrected chi connectivity index (χ2v) is 8.46. The van der Waals surface area contributed by atoms with Crippen LogP contribution in [0, 0.1) is 5.41 Å². The van der Waals surface area contributed by atoms with E-state index in [9.17, 15) is 0 Å². The van der Waals surface area contributed by atoms with Gasteiger partial charge >= 0.3 is 0 Å². The number of nitrogen functional groups attached to an aromatic ring is 1. The lowest BCUT2D eigenvalue weighted by Crippen LogP contribution is -2.45. The molecule has 0 unspecified atom stereocenters. The first-order valence-electron chi connectivity index (χ1n) is 10.4. The van der Waals surface area contributed by atoms with Gasteiger partial charge in [0.1, 0.15) is 11.3 Å². The maximum absolute atomic E-state index is 6.12. The lowest BCUT2D eigenvalue weighted by Gasteiger charge is -2.38. The van der Waals surface area contributed by atoms with E-state index in [2.05, 4.69) is 32.3 Å². The summed E-state index contributed by atoms with van der Waals surface area (Å²) in [6, 6.07) is 7.89. The SMILES string of the molecule is COc1cc(-c2cnn(C)c2)ccc1-c1nc(N)nc2c(NCC3(C)COC3)nccc12. The number of ether oxygens (including phenoxy) is 2. The average Bonchev–Trinajstić information content (AvgIpc) is 3.21. The molecule has 3 aromatic heterocycles. The lowest BCUT2D eigenvalue weighted by atomic mass is 9.89. The van der Waals surface area contributed by atoms with Gasteiger partial charge in [-0.15, -0.1) is 0 Å². The molecule has 5 rings (SSSR count). The minimum atomic E-state index is 0.0938. The van der Waals surface area contributed by atoms with Crippen LogP contribution in [0.1, 0.15) is 6.92 Å². The zero-order valence-electron chi connectivity index (χ0n) is 18.3. The molecule has 0 atom stereocenters. The summed E-state index contributed by atoms with van der Waals surface area (Å²) in [6.07, 6.45) is 5.54. The van der Waals surface area contributed by atoms with E-state index >= 15 is 0 Å². The fourth-order valence-corrected chi connectivity index (χ4v) is 3.89. The molecule has 1 aliphatic rings. The number of nitrogens with one attached hydrogen (secondary N) is 1. The zero-order chi connectivity index (χ0) is 22.3. The summed E-state index contributed by atoms with van der Waals surface area (Å²) in [5, 5.41) is 8.52. The molecule has 9 heteroatoms. The van der Waals surface area contributed by atoms with Crippen molar-refractivity contribution in [2.24, 2.45) is 12.5 Å². The highest BCUT2D eigenvalue weighted by atomic mass is 16.5. The van der Waals surface area contributed by atoms with Crippen molar-refractivity contribution in [3.63, 3.8) is 0 Å². The minimum Gasteiger partial charge on any atom is -0.496 e. The fraction of sp³-hybridized carbons (Fsp3) is 0.304. The molecule has 1 aliphatic heterocycles. The van der Waals surface area contributed by atoms with Gasteiger partial charge in [-0.1, -0.05) is 13.0 Å². The minimum absolute atomic E-state index is 0.0938. The first-order valence-corrected chi connectivity index (χ1v) is 10.4. The van der Waals surface area contributed by atoms with Gasteiger partial charge in [0.15, 0.2) is 5.82 Å². The topological polar surface area (TPSA) is 113 Å². The number of hydrogen-bond acceptors (Lipinski definition) is 8. The molecule has 0 aliphatic carbocycles. The van der Waals surface area contributed by atoms with Crippen LogP contribution in [-0.4, -0.2) is 51.6 Å². The van der Waals surface area contributed by atoms with Crippen LogP contribution in [0.4, 0.5) is 11.8 Å². The molecule has 1 fully saturated rings. The molecule has 0 radical (unpaired) electrons. The van der Waals surface area contributed by atoms with Crippen LogP contribution in [-0.2, 0) is 11.8 Å². The quantitative estimate of drug-likeness (QED) is 0.479. The summed E-state index contributed by atoms with van der Waals surface area (Å²) in [7, 11) is 3.54. The lowest BCUT2D eigenvalue weighted by molar-refractivity contribution is -0.0924. The Balaban J connectivity index is 1.58. The molecule has 4 aromatic rings. The second kappa shape index (κ2) is 7.76. The van der Waals surface area contributed by atoms with Gasteiger partial charge in [0.25, 0.3) is 0 Å². The highest BCUT2D eigenvalue weighted by Gasteiger charge is 2.33. The Labute approximate surface area is 185 Å². The Bertz CT molecular complexity index is 1300. The van der Waals surface area contributed by atoms with Crippen molar-refractivity contribution >= 4 is 22.7 Å². The first-order chi connectivity index (χ1) is 15.5. The molecule has 1 aromatic carbocycles. The number of anilines is 2. The summed E-state index contributed by atoms with van der Waals surface area (Å²) < 4.78 is 12.9. The van der Waals surface area contributed by atoms with E-state index in [0.717, 1.165) is 41.8 Å². The predicted molar refractivity (Wildman–Crippen MR) is 123 cm³/mol. The third-order valence-electron chi connectivity index (χ3n) is 5.71. The van der Waals surface area contributed by atoms with E-state index in [1.54, 1.807) is 18.0 Å². The Morgan fingerprint density at radius 3 is 2.75 bits per heavy atom. The van der Waals surface area contributed by atoms with Crippen molar-refractivity contribution in [1.82, 2.24) is 24.7 Å². The molecule has 0 bridgehead atoms. The van der Waals surface area contributed by atoms with Crippen LogP contribution in [0.5, 0.6) is 5.75 Å². The maximum Gasteiger partial charge on any atom is 0.221 e. The summed E-state index contributed by atoms with van der Waals surface area (Å²) in [5.41, 5.74) is 10.4. The third-order valence-corrected chi connectivity index (χ3v) is 5.71. The van der Waals surface area contributed by atoms with E-state index in [1.807, 2.05) is 43.7 Å². The van der Waals surface area contributed by atoms with Crippen molar-refractivity contribution in [2.45, 2.75) is 6.92 Å². The predicted octanol–water partition coefficient (Wildman–Crippen LogP) is 3.13. The van der Waals surface area contributed by atoms with Crippen molar-refractivity contribution in [3.8, 4) is 28.1 Å². The number of pyridine rings is 1. The van der Waals surface area contributed by atoms with Crippen LogP contribution in [0.3, 0.4) is 0 Å². The molecule has 3 N–H and O–H groups in total. The Morgan fingerprint density at radius 2 is 2.06 bits per heavy atom. The Morgan fingerprint density at radius 1 is 1.22 bits per heavy atom. The monoisotopic (exact) mass is 431 g/mol. The van der Waals surface area contributed by atoms with Gasteiger partial charge in [-0.25, -0.2) is 15.0 Å². The van der Waals surface area contributed by atoms with E-state index in [-0.39, 0.29) is 11.4 Å². The number of nitrogens with two attached hydrogens (primary N) is 1. The van der Waals surface area contributed by atoms with Crippen LogP contribution >= 0.6 is 0 Å². The highest BCUT2D eigenvalue weighted by Crippen LogP contribution is 2.38. The van der Waals surface area contributed by atoms with Gasteiger partial charge in [0.05, 0.1) is 32.2 Å². The van der Waals surface area contributed by atoms with Crippen molar-refractivity contribution in [1.29, 1.82) is 0 Å². The Hall–Kier alpha value is -3.72. The number of nitrogens with zero attached hydrogens (tertiary/aromatic N) is 5. The molecule has 1 saturated heterocycles. The van der Waals surface area contributed by atoms with Crippen molar-refractivity contribution in [3.05, 3.63) is 42.9 Å². The second-order valence-electron chi connectivity index (χ2n) is 8.46. The first kappa shape index (κ1) is 20.2. The number of rotatable bonds is 6. The number of benzene rings is 1. The van der Waals surface area contributed by atoms with Crippen LogP contribution < -0.4 is 15.8 Å². The van der Waals surface area contributed by atoms with Gasteiger partial charge in [-0.05, 0) is 23.8 Å². The molecular weight excluding hydrogens is 406 g/mol. The van der Waals surface area contributed by atoms with Crippen molar-refractivity contribution in [2.75, 3.05) is 37.9 Å². The van der Waals surface area contributed by atoms with E-state index < -0.39 is 0 Å². The molecule has 0 spiro atoms. The van der Waals surface area contributed by atoms with Crippen LogP contribution in [0.25, 0.3) is 33.3 Å². The highest BCUT2D eigenvalue weighted by molar-refractivity contribution is 5.99. The summed E-state index contributed by atoms with van der Waals surface area (Å²) in [4.78, 5) is 13.6. The van der Waals surface area contributed by atoms with E-state index in [4.69, 9.17) is 15.2 Å². The normalized spacial score (nSPS) is 14.8. The molecule has 32 heavy (non-hydrogen) atoms. The van der Waals surface area contributed by atoms with E-state index in [1.165, 1.54) is 0 Å². The summed E-state index contributed by atoms with van der Waals surface area (Å²) in [6.45, 7) is 4.38. The standard InChI is InChI=1S/C23H25N7O2/c1-23(12-32-13-23)11-26-21-20-17(6-7-25-21)19(28-22(24)29-20)16-5-4-14(8-18(16)31-3)15-9-27-30(2)10-15/h4-10H,11-13H2,1-3H3,(H,25,26)(H2,24,28,29). The smallest absolute Gasteiger partial charge is 0.221 e. The summed E-state index contributed by atoms with van der Waals surface area (Å²) in [5.74, 6) is 1.55. The number of methoxy groups -OCH3 is 1. The number of fused-ring (bicyclic) bond motifs is 1. The van der Waals surface area contributed by atoms with Crippen LogP contribution in [0.15, 0.2) is 42.9 Å². The molecule has 4 heterocycles. The van der Waals surface area contributed by atoms with Gasteiger partial charge in [-0.3, -0.25) is 4.68 Å². The molecular formula is C23H25N7O2. The number of aromatic nitrogens is 5. The fourth-order valence-electron chi connectivity index (χ4n) is 3.89. The van der Waals surface area contributed by atoms with Gasteiger partial charge in [0, 0.05) is 47.9 Å². The van der Waals surface area contributed by atoms with E-state index in [0.29, 0.717) is 22.8 Å². The Kier molecular flexibility index (Phi) is 4.90.